The van der Waals surface area contributed by atoms with E-state index in [0.29, 0.717) is 6.54 Å². The van der Waals surface area contributed by atoms with E-state index in [1.807, 2.05) is 24.9 Å². The highest BCUT2D eigenvalue weighted by molar-refractivity contribution is 8.02. The molecule has 0 fully saturated rings. The number of amidine groups is 1. The van der Waals surface area contributed by atoms with Gasteiger partial charge in [-0.05, 0) is 6.26 Å². The Morgan fingerprint density at radius 2 is 2.58 bits per heavy atom. The van der Waals surface area contributed by atoms with Gasteiger partial charge < -0.3 is 0 Å². The molecule has 0 aromatic carbocycles. The fraction of sp³-hybridized carbons (Fsp3) is 0.286. The van der Waals surface area contributed by atoms with E-state index in [4.69, 9.17) is 11.8 Å². The van der Waals surface area contributed by atoms with Crippen LogP contribution in [0.4, 0.5) is 0 Å². The summed E-state index contributed by atoms with van der Waals surface area (Å²) in [6, 6.07) is 0. The lowest BCUT2D eigenvalue weighted by Crippen LogP contribution is -3.08. The van der Waals surface area contributed by atoms with Crippen LogP contribution in [0.5, 0.6) is 0 Å². The molecule has 0 amide bonds. The summed E-state index contributed by atoms with van der Waals surface area (Å²) in [6.07, 6.45) is 7.83. The Morgan fingerprint density at radius 1 is 1.75 bits per heavy atom. The molecule has 0 bridgehead atoms. The van der Waals surface area contributed by atoms with Gasteiger partial charge >= 0.3 is 0 Å². The van der Waals surface area contributed by atoms with E-state index in [1.165, 1.54) is 9.93 Å². The van der Waals surface area contributed by atoms with Crippen LogP contribution in [0.15, 0.2) is 28.6 Å². The third-order valence-corrected chi connectivity index (χ3v) is 2.81. The lowest BCUT2D eigenvalue weighted by Gasteiger charge is -2.22. The van der Waals surface area contributed by atoms with Gasteiger partial charge in [0.1, 0.15) is 12.7 Å². The Kier molecular flexibility index (Phi) is 2.12. The van der Waals surface area contributed by atoms with Crippen molar-refractivity contribution in [2.24, 2.45) is 4.99 Å². The maximum Gasteiger partial charge on any atom is 0.232 e. The first-order valence-electron chi connectivity index (χ1n) is 3.60. The Labute approximate surface area is 80.5 Å². The average molecular weight is 203 g/mol. The molecular formula is C7H9ClN3S+. The van der Waals surface area contributed by atoms with E-state index in [2.05, 4.69) is 4.99 Å². The highest BCUT2D eigenvalue weighted by atomic mass is 35.5. The van der Waals surface area contributed by atoms with Crippen molar-refractivity contribution < 1.29 is 4.90 Å². The Morgan fingerprint density at radius 3 is 3.33 bits per heavy atom. The fourth-order valence-electron chi connectivity index (χ4n) is 1.27. The van der Waals surface area contributed by atoms with E-state index in [0.717, 1.165) is 5.84 Å². The molecule has 0 saturated carbocycles. The molecule has 0 aromatic rings. The standard InChI is InChI=1S/C7H8ClN3S/c1-12-7-5-10(8)4-6-9-2-3-11(6)7/h2-3,5H,4H2,1H3/p+1. The van der Waals surface area contributed by atoms with Gasteiger partial charge in [0.2, 0.25) is 5.84 Å². The molecular weight excluding hydrogens is 194 g/mol. The molecule has 0 aromatic heterocycles. The number of nitrogens with zero attached hydrogens (tertiary/aromatic N) is 2. The minimum absolute atomic E-state index is 0.702. The second-order valence-corrected chi connectivity index (χ2v) is 3.84. The molecule has 3 nitrogen and oxygen atoms in total. The quantitative estimate of drug-likeness (QED) is 0.621. The number of thioether (sulfide) groups is 1. The smallest absolute Gasteiger partial charge is 0.232 e. The molecule has 64 valence electrons. The molecule has 0 saturated heterocycles. The summed E-state index contributed by atoms with van der Waals surface area (Å²) in [5, 5.41) is 1.18. The molecule has 1 atom stereocenters. The first-order valence-corrected chi connectivity index (χ1v) is 5.16. The number of fused-ring (bicyclic) bond motifs is 1. The van der Waals surface area contributed by atoms with E-state index >= 15 is 0 Å². The summed E-state index contributed by atoms with van der Waals surface area (Å²) in [5.41, 5.74) is 0. The molecule has 0 spiro atoms. The van der Waals surface area contributed by atoms with Crippen molar-refractivity contribution in [3.05, 3.63) is 23.6 Å². The molecule has 1 unspecified atom stereocenters. The zero-order chi connectivity index (χ0) is 8.55. The first-order chi connectivity index (χ1) is 5.81. The maximum absolute atomic E-state index is 5.88. The van der Waals surface area contributed by atoms with Crippen molar-refractivity contribution in [2.45, 2.75) is 0 Å². The predicted molar refractivity (Wildman–Crippen MR) is 51.7 cm³/mol. The van der Waals surface area contributed by atoms with Crippen LogP contribution in [0, 0.1) is 0 Å². The van der Waals surface area contributed by atoms with Gasteiger partial charge in [-0.1, -0.05) is 11.8 Å². The Hall–Kier alpha value is -0.450. The van der Waals surface area contributed by atoms with E-state index in [-0.39, 0.29) is 0 Å². The minimum atomic E-state index is 0.702. The number of halogens is 1. The maximum atomic E-state index is 5.88. The van der Waals surface area contributed by atoms with E-state index < -0.39 is 0 Å². The molecule has 2 rings (SSSR count). The van der Waals surface area contributed by atoms with Gasteiger partial charge in [0, 0.05) is 11.8 Å². The number of hydrogen-bond acceptors (Lipinski definition) is 3. The van der Waals surface area contributed by atoms with Crippen molar-refractivity contribution in [2.75, 3.05) is 12.8 Å². The predicted octanol–water partition coefficient (Wildman–Crippen LogP) is 0.386. The van der Waals surface area contributed by atoms with Gasteiger partial charge in [0.25, 0.3) is 0 Å². The summed E-state index contributed by atoms with van der Waals surface area (Å²) in [6.45, 7) is 0.702. The molecule has 5 heteroatoms. The zero-order valence-electron chi connectivity index (χ0n) is 6.62. The molecule has 2 aliphatic heterocycles. The van der Waals surface area contributed by atoms with Gasteiger partial charge in [-0.15, -0.1) is 0 Å². The summed E-state index contributed by atoms with van der Waals surface area (Å²) in [4.78, 5) is 5.45. The zero-order valence-corrected chi connectivity index (χ0v) is 8.19. The van der Waals surface area contributed by atoms with Crippen LogP contribution in [0.2, 0.25) is 0 Å². The summed E-state index contributed by atoms with van der Waals surface area (Å²) in [7, 11) is 0. The number of rotatable bonds is 1. The largest absolute Gasteiger partial charge is 0.274 e. The number of hydrogen-bond donors (Lipinski definition) is 1. The van der Waals surface area contributed by atoms with Gasteiger partial charge in [0.15, 0.2) is 5.03 Å². The number of quaternary nitrogens is 1. The third-order valence-electron chi connectivity index (χ3n) is 1.83. The highest BCUT2D eigenvalue weighted by Gasteiger charge is 2.29. The Bertz CT molecular complexity index is 284. The molecule has 2 heterocycles. The lowest BCUT2D eigenvalue weighted by atomic mass is 10.4. The Balaban J connectivity index is 2.31. The monoisotopic (exact) mass is 202 g/mol. The number of nitrogens with one attached hydrogen (secondary N) is 1. The molecule has 12 heavy (non-hydrogen) atoms. The van der Waals surface area contributed by atoms with Crippen molar-refractivity contribution >= 4 is 29.4 Å². The minimum Gasteiger partial charge on any atom is -0.274 e. The van der Waals surface area contributed by atoms with Gasteiger partial charge in [0.05, 0.1) is 12.4 Å². The van der Waals surface area contributed by atoms with Crippen molar-refractivity contribution in [1.82, 2.24) is 4.42 Å². The highest BCUT2D eigenvalue weighted by Crippen LogP contribution is 2.12. The first kappa shape index (κ1) is 8.16. The summed E-state index contributed by atoms with van der Waals surface area (Å²) >= 11 is 7.57. The lowest BCUT2D eigenvalue weighted by molar-refractivity contribution is -0.690. The van der Waals surface area contributed by atoms with E-state index in [1.54, 1.807) is 16.2 Å². The van der Waals surface area contributed by atoms with Gasteiger partial charge in [-0.2, -0.15) is 0 Å². The van der Waals surface area contributed by atoms with Crippen LogP contribution >= 0.6 is 23.5 Å². The van der Waals surface area contributed by atoms with Crippen LogP contribution in [0.1, 0.15) is 0 Å². The van der Waals surface area contributed by atoms with Gasteiger partial charge in [-0.25, -0.2) is 9.89 Å². The normalized spacial score (nSPS) is 26.8. The molecule has 0 aliphatic carbocycles. The fourth-order valence-corrected chi connectivity index (χ4v) is 2.17. The van der Waals surface area contributed by atoms with Crippen LogP contribution in [0.3, 0.4) is 0 Å². The second-order valence-electron chi connectivity index (χ2n) is 2.56. The second kappa shape index (κ2) is 3.12. The van der Waals surface area contributed by atoms with E-state index in [9.17, 15) is 0 Å². The summed E-state index contributed by atoms with van der Waals surface area (Å²) < 4.78 is 1.64. The molecule has 1 N–H and O–H groups in total. The van der Waals surface area contributed by atoms with Crippen LogP contribution in [-0.4, -0.2) is 23.1 Å². The third kappa shape index (κ3) is 1.26. The van der Waals surface area contributed by atoms with Crippen LogP contribution in [-0.2, 0) is 0 Å². The average Bonchev–Trinajstić information content (AvgIpc) is 2.50. The summed E-state index contributed by atoms with van der Waals surface area (Å²) in [5.74, 6) is 1.07. The number of aliphatic imine (C=N–C) groups is 1. The van der Waals surface area contributed by atoms with Gasteiger partial charge in [-0.3, -0.25) is 4.42 Å². The van der Waals surface area contributed by atoms with Crippen molar-refractivity contribution in [3.8, 4) is 0 Å². The van der Waals surface area contributed by atoms with Crippen molar-refractivity contribution in [3.63, 3.8) is 0 Å². The van der Waals surface area contributed by atoms with Crippen molar-refractivity contribution in [1.29, 1.82) is 0 Å². The molecule has 0 radical (unpaired) electrons. The van der Waals surface area contributed by atoms with Crippen LogP contribution in [0.25, 0.3) is 0 Å². The topological polar surface area (TPSA) is 20.0 Å². The van der Waals surface area contributed by atoms with Crippen LogP contribution < -0.4 is 4.90 Å². The molecule has 2 aliphatic rings. The SMILES string of the molecule is CSC1=CN(Cl)CC2=NC=C[NH+]12.